The fourth-order valence-electron chi connectivity index (χ4n) is 3.36. The molecular weight excluding hydrogens is 216 g/mol. The van der Waals surface area contributed by atoms with Crippen LogP contribution >= 0.6 is 0 Å². The van der Waals surface area contributed by atoms with Crippen molar-refractivity contribution >= 4 is 11.7 Å². The summed E-state index contributed by atoms with van der Waals surface area (Å²) in [7, 11) is 2.01. The quantitative estimate of drug-likeness (QED) is 0.755. The monoisotopic (exact) mass is 238 g/mol. The normalized spacial score (nSPS) is 34.9. The number of rotatable bonds is 5. The van der Waals surface area contributed by atoms with Crippen molar-refractivity contribution in [3.8, 4) is 0 Å². The van der Waals surface area contributed by atoms with Gasteiger partial charge in [-0.2, -0.15) is 0 Å². The topological polar surface area (TPSA) is 58.2 Å². The van der Waals surface area contributed by atoms with Crippen molar-refractivity contribution in [2.45, 2.75) is 62.9 Å². The van der Waals surface area contributed by atoms with Crippen LogP contribution in [0.1, 0.15) is 51.9 Å². The molecule has 2 rings (SSSR count). The zero-order valence-corrected chi connectivity index (χ0v) is 10.8. The number of carbonyl (C=O) groups is 2. The molecule has 0 aromatic carbocycles. The summed E-state index contributed by atoms with van der Waals surface area (Å²) in [5.41, 5.74) is 0.269. The molecule has 2 bridgehead atoms. The third kappa shape index (κ3) is 2.51. The first kappa shape index (κ1) is 12.6. The maximum atomic E-state index is 11.8. The van der Waals surface area contributed by atoms with Gasteiger partial charge < -0.3 is 15.4 Å². The summed E-state index contributed by atoms with van der Waals surface area (Å²) < 4.78 is 0. The number of hydrogen-bond donors (Lipinski definition) is 2. The molecule has 2 saturated carbocycles. The van der Waals surface area contributed by atoms with Crippen LogP contribution in [0.15, 0.2) is 0 Å². The van der Waals surface area contributed by atoms with Crippen molar-refractivity contribution < 1.29 is 9.59 Å². The second-order valence-electron chi connectivity index (χ2n) is 5.74. The van der Waals surface area contributed by atoms with Crippen molar-refractivity contribution in [2.75, 3.05) is 7.05 Å². The van der Waals surface area contributed by atoms with Gasteiger partial charge in [0.1, 0.15) is 5.78 Å². The molecule has 2 N–H and O–H groups in total. The summed E-state index contributed by atoms with van der Waals surface area (Å²) in [4.78, 5) is 22.6. The van der Waals surface area contributed by atoms with E-state index >= 15 is 0 Å². The Balaban J connectivity index is 1.88. The van der Waals surface area contributed by atoms with Gasteiger partial charge in [0.15, 0.2) is 0 Å². The Morgan fingerprint density at radius 3 is 2.12 bits per heavy atom. The van der Waals surface area contributed by atoms with Crippen molar-refractivity contribution in [3.05, 3.63) is 0 Å². The average molecular weight is 238 g/mol. The Hall–Kier alpha value is -0.900. The van der Waals surface area contributed by atoms with Crippen molar-refractivity contribution in [3.63, 3.8) is 0 Å². The van der Waals surface area contributed by atoms with Crippen LogP contribution in [-0.2, 0) is 9.59 Å². The standard InChI is InChI=1S/C13H22N2O2/c1-10(16)3-4-11(17)15-13-7-5-12(9-13,14-2)6-8-13/h14H,3-9H2,1-2H3,(H,15,17). The Kier molecular flexibility index (Phi) is 3.25. The molecule has 17 heavy (non-hydrogen) atoms. The van der Waals surface area contributed by atoms with Gasteiger partial charge in [-0.15, -0.1) is 0 Å². The molecule has 0 aliphatic heterocycles. The van der Waals surface area contributed by atoms with Gasteiger partial charge in [-0.25, -0.2) is 0 Å². The van der Waals surface area contributed by atoms with E-state index in [1.54, 1.807) is 0 Å². The molecule has 2 fully saturated rings. The average Bonchev–Trinajstić information content (AvgIpc) is 2.82. The Morgan fingerprint density at radius 2 is 1.65 bits per heavy atom. The van der Waals surface area contributed by atoms with E-state index in [1.165, 1.54) is 6.92 Å². The SMILES string of the molecule is CNC12CCC(NC(=O)CCC(C)=O)(CC1)C2. The van der Waals surface area contributed by atoms with Crippen LogP contribution in [0.25, 0.3) is 0 Å². The minimum atomic E-state index is 0.0108. The second kappa shape index (κ2) is 4.41. The lowest BCUT2D eigenvalue weighted by Gasteiger charge is -2.28. The summed E-state index contributed by atoms with van der Waals surface area (Å²) in [5, 5.41) is 6.58. The molecule has 4 heteroatoms. The maximum absolute atomic E-state index is 11.8. The number of Topliss-reactive ketones (excluding diaryl/α,β-unsaturated/α-hetero) is 1. The summed E-state index contributed by atoms with van der Waals surface area (Å²) in [6, 6.07) is 0. The summed E-state index contributed by atoms with van der Waals surface area (Å²) >= 11 is 0. The summed E-state index contributed by atoms with van der Waals surface area (Å²) in [6.45, 7) is 1.53. The molecule has 0 radical (unpaired) electrons. The number of fused-ring (bicyclic) bond motifs is 2. The third-order valence-corrected chi connectivity index (χ3v) is 4.48. The Labute approximate surface area is 103 Å². The molecule has 2 aliphatic rings. The van der Waals surface area contributed by atoms with Crippen molar-refractivity contribution in [1.82, 2.24) is 10.6 Å². The Bertz CT molecular complexity index is 330. The van der Waals surface area contributed by atoms with Gasteiger partial charge in [0.25, 0.3) is 0 Å². The van der Waals surface area contributed by atoms with E-state index in [4.69, 9.17) is 0 Å². The molecule has 0 aromatic heterocycles. The molecule has 0 aromatic rings. The predicted molar refractivity (Wildman–Crippen MR) is 65.7 cm³/mol. The van der Waals surface area contributed by atoms with Gasteiger partial charge >= 0.3 is 0 Å². The number of amides is 1. The number of carbonyl (C=O) groups excluding carboxylic acids is 2. The molecule has 0 spiro atoms. The van der Waals surface area contributed by atoms with Gasteiger partial charge in [0.2, 0.25) is 5.91 Å². The lowest BCUT2D eigenvalue weighted by Crippen LogP contribution is -2.45. The zero-order valence-electron chi connectivity index (χ0n) is 10.8. The van der Waals surface area contributed by atoms with Crippen LogP contribution < -0.4 is 10.6 Å². The maximum Gasteiger partial charge on any atom is 0.220 e. The highest BCUT2D eigenvalue weighted by Gasteiger charge is 2.53. The molecule has 0 saturated heterocycles. The fraction of sp³-hybridized carbons (Fsp3) is 0.846. The van der Waals surface area contributed by atoms with E-state index in [2.05, 4.69) is 10.6 Å². The van der Waals surface area contributed by atoms with E-state index < -0.39 is 0 Å². The van der Waals surface area contributed by atoms with Crippen LogP contribution in [-0.4, -0.2) is 29.8 Å². The lowest BCUT2D eigenvalue weighted by molar-refractivity contribution is -0.126. The molecule has 4 nitrogen and oxygen atoms in total. The third-order valence-electron chi connectivity index (χ3n) is 4.48. The molecule has 2 aliphatic carbocycles. The molecule has 1 amide bonds. The van der Waals surface area contributed by atoms with E-state index in [9.17, 15) is 9.59 Å². The zero-order chi connectivity index (χ0) is 12.5. The lowest BCUT2D eigenvalue weighted by atomic mass is 9.91. The van der Waals surface area contributed by atoms with E-state index in [-0.39, 0.29) is 22.8 Å². The highest BCUT2D eigenvalue weighted by atomic mass is 16.2. The minimum absolute atomic E-state index is 0.0108. The summed E-state index contributed by atoms with van der Waals surface area (Å²) in [5.74, 6) is 0.120. The van der Waals surface area contributed by atoms with Gasteiger partial charge in [-0.3, -0.25) is 4.79 Å². The van der Waals surface area contributed by atoms with Gasteiger partial charge in [0.05, 0.1) is 0 Å². The van der Waals surface area contributed by atoms with Crippen molar-refractivity contribution in [2.24, 2.45) is 0 Å². The van der Waals surface area contributed by atoms with Gasteiger partial charge in [-0.05, 0) is 46.1 Å². The van der Waals surface area contributed by atoms with Crippen LogP contribution in [0, 0.1) is 0 Å². The summed E-state index contributed by atoms with van der Waals surface area (Å²) in [6.07, 6.45) is 6.18. The van der Waals surface area contributed by atoms with Crippen LogP contribution in [0.2, 0.25) is 0 Å². The molecule has 0 unspecified atom stereocenters. The van der Waals surface area contributed by atoms with E-state index in [0.717, 1.165) is 32.1 Å². The largest absolute Gasteiger partial charge is 0.351 e. The Morgan fingerprint density at radius 1 is 1.06 bits per heavy atom. The van der Waals surface area contributed by atoms with E-state index in [1.807, 2.05) is 7.05 Å². The van der Waals surface area contributed by atoms with Gasteiger partial charge in [0, 0.05) is 23.9 Å². The highest BCUT2D eigenvalue weighted by molar-refractivity contribution is 5.84. The van der Waals surface area contributed by atoms with E-state index in [0.29, 0.717) is 12.8 Å². The fourth-order valence-corrected chi connectivity index (χ4v) is 3.36. The smallest absolute Gasteiger partial charge is 0.220 e. The first-order valence-electron chi connectivity index (χ1n) is 6.49. The van der Waals surface area contributed by atoms with Crippen LogP contribution in [0.5, 0.6) is 0 Å². The molecule has 0 heterocycles. The molecule has 96 valence electrons. The highest BCUT2D eigenvalue weighted by Crippen LogP contribution is 2.50. The number of ketones is 1. The molecule has 0 atom stereocenters. The first-order chi connectivity index (χ1) is 7.99. The minimum Gasteiger partial charge on any atom is -0.351 e. The molecular formula is C13H22N2O2. The van der Waals surface area contributed by atoms with Crippen LogP contribution in [0.3, 0.4) is 0 Å². The predicted octanol–water partition coefficient (Wildman–Crippen LogP) is 1.15. The van der Waals surface area contributed by atoms with Crippen molar-refractivity contribution in [1.29, 1.82) is 0 Å². The number of nitrogens with one attached hydrogen (secondary N) is 2. The van der Waals surface area contributed by atoms with Gasteiger partial charge in [-0.1, -0.05) is 0 Å². The first-order valence-corrected chi connectivity index (χ1v) is 6.49. The second-order valence-corrected chi connectivity index (χ2v) is 5.74. The number of hydrogen-bond acceptors (Lipinski definition) is 3. The van der Waals surface area contributed by atoms with Crippen LogP contribution in [0.4, 0.5) is 0 Å².